The molecule has 1 aromatic rings. The fourth-order valence-corrected chi connectivity index (χ4v) is 3.15. The van der Waals surface area contributed by atoms with Gasteiger partial charge in [-0.15, -0.1) is 0 Å². The molecule has 0 aromatic carbocycles. The number of aliphatic carboxylic acids is 1. The number of nitrogens with zero attached hydrogens (tertiary/aromatic N) is 3. The van der Waals surface area contributed by atoms with Crippen molar-refractivity contribution in [3.63, 3.8) is 0 Å². The number of aromatic nitrogens is 2. The third kappa shape index (κ3) is 2.82. The van der Waals surface area contributed by atoms with Gasteiger partial charge < -0.3 is 15.1 Å². The molecule has 1 aromatic heterocycles. The van der Waals surface area contributed by atoms with Crippen LogP contribution in [-0.4, -0.2) is 45.3 Å². The van der Waals surface area contributed by atoms with Gasteiger partial charge >= 0.3 is 5.97 Å². The lowest BCUT2D eigenvalue weighted by molar-refractivity contribution is -0.158. The number of carboxylic acids is 1. The van der Waals surface area contributed by atoms with Gasteiger partial charge in [0.25, 0.3) is 0 Å². The van der Waals surface area contributed by atoms with Crippen molar-refractivity contribution in [1.82, 2.24) is 9.97 Å². The summed E-state index contributed by atoms with van der Waals surface area (Å²) in [7, 11) is 0. The van der Waals surface area contributed by atoms with E-state index in [2.05, 4.69) is 9.97 Å². The van der Waals surface area contributed by atoms with E-state index in [1.165, 1.54) is 12.4 Å². The van der Waals surface area contributed by atoms with E-state index >= 15 is 0 Å². The maximum atomic E-state index is 11.8. The highest BCUT2D eigenvalue weighted by Gasteiger charge is 2.52. The molecule has 1 aliphatic heterocycles. The molecule has 7 heteroatoms. The average molecular weight is 312 g/mol. The maximum Gasteiger partial charge on any atom is 0.314 e. The Kier molecular flexibility index (Phi) is 3.75. The SMILES string of the molecule is O=C(O)[C@@]1(CC2CC2)CN(c2ncc(Cl)cn2)CC[C@@H]1O. The molecule has 2 heterocycles. The third-order valence-corrected chi connectivity index (χ3v) is 4.64. The topological polar surface area (TPSA) is 86.5 Å². The van der Waals surface area contributed by atoms with Crippen LogP contribution in [0.25, 0.3) is 0 Å². The van der Waals surface area contributed by atoms with E-state index < -0.39 is 17.5 Å². The van der Waals surface area contributed by atoms with Crippen molar-refractivity contribution < 1.29 is 15.0 Å². The first-order valence-electron chi connectivity index (χ1n) is 7.15. The van der Waals surface area contributed by atoms with Crippen LogP contribution in [0.4, 0.5) is 5.95 Å². The Bertz CT molecular complexity index is 535. The Hall–Kier alpha value is -1.40. The lowest BCUT2D eigenvalue weighted by Gasteiger charge is -2.43. The second-order valence-electron chi connectivity index (χ2n) is 6.04. The average Bonchev–Trinajstić information content (AvgIpc) is 3.26. The predicted molar refractivity (Wildman–Crippen MR) is 77.3 cm³/mol. The molecule has 2 fully saturated rings. The molecule has 0 amide bonds. The Balaban J connectivity index is 1.85. The molecule has 0 radical (unpaired) electrons. The number of carbonyl (C=O) groups is 1. The standard InChI is InChI=1S/C14H18ClN3O3/c15-10-6-16-13(17-7-10)18-4-3-11(19)14(8-18,12(20)21)5-9-1-2-9/h6-7,9,11,19H,1-5,8H2,(H,20,21)/t11-,14-/m0/s1. The van der Waals surface area contributed by atoms with Crippen molar-refractivity contribution in [1.29, 1.82) is 0 Å². The summed E-state index contributed by atoms with van der Waals surface area (Å²) in [5.41, 5.74) is -1.12. The van der Waals surface area contributed by atoms with E-state index in [-0.39, 0.29) is 6.54 Å². The van der Waals surface area contributed by atoms with Crippen LogP contribution < -0.4 is 4.90 Å². The molecule has 6 nitrogen and oxygen atoms in total. The first kappa shape index (κ1) is 14.5. The van der Waals surface area contributed by atoms with E-state index in [1.807, 2.05) is 4.90 Å². The second-order valence-corrected chi connectivity index (χ2v) is 6.47. The Morgan fingerprint density at radius 3 is 2.62 bits per heavy atom. The number of carboxylic acid groups (broad SMARTS) is 1. The summed E-state index contributed by atoms with van der Waals surface area (Å²) in [5, 5.41) is 20.4. The van der Waals surface area contributed by atoms with Crippen molar-refractivity contribution in [3.05, 3.63) is 17.4 Å². The van der Waals surface area contributed by atoms with Gasteiger partial charge in [0.2, 0.25) is 5.95 Å². The lowest BCUT2D eigenvalue weighted by atomic mass is 9.73. The third-order valence-electron chi connectivity index (χ3n) is 4.45. The maximum absolute atomic E-state index is 11.8. The number of hydrogen-bond donors (Lipinski definition) is 2. The predicted octanol–water partition coefficient (Wildman–Crippen LogP) is 1.57. The van der Waals surface area contributed by atoms with Crippen LogP contribution in [0.2, 0.25) is 5.02 Å². The fraction of sp³-hybridized carbons (Fsp3) is 0.643. The highest BCUT2D eigenvalue weighted by atomic mass is 35.5. The summed E-state index contributed by atoms with van der Waals surface area (Å²) in [6.45, 7) is 0.782. The molecule has 21 heavy (non-hydrogen) atoms. The van der Waals surface area contributed by atoms with Crippen LogP contribution >= 0.6 is 11.6 Å². The molecule has 1 saturated heterocycles. The summed E-state index contributed by atoms with van der Waals surface area (Å²) >= 11 is 5.78. The Labute approximate surface area is 127 Å². The Morgan fingerprint density at radius 1 is 1.38 bits per heavy atom. The van der Waals surface area contributed by atoms with E-state index in [9.17, 15) is 15.0 Å². The number of anilines is 1. The van der Waals surface area contributed by atoms with Crippen LogP contribution in [0.5, 0.6) is 0 Å². The van der Waals surface area contributed by atoms with E-state index in [0.717, 1.165) is 12.8 Å². The highest BCUT2D eigenvalue weighted by molar-refractivity contribution is 6.30. The van der Waals surface area contributed by atoms with Gasteiger partial charge in [0.15, 0.2) is 0 Å². The van der Waals surface area contributed by atoms with Gasteiger partial charge in [-0.3, -0.25) is 4.79 Å². The van der Waals surface area contributed by atoms with Crippen LogP contribution in [0.15, 0.2) is 12.4 Å². The van der Waals surface area contributed by atoms with Crippen molar-refractivity contribution in [2.75, 3.05) is 18.0 Å². The smallest absolute Gasteiger partial charge is 0.314 e. The van der Waals surface area contributed by atoms with Crippen LogP contribution in [-0.2, 0) is 4.79 Å². The van der Waals surface area contributed by atoms with Gasteiger partial charge in [0.1, 0.15) is 5.41 Å². The van der Waals surface area contributed by atoms with Gasteiger partial charge in [0.05, 0.1) is 23.5 Å². The largest absolute Gasteiger partial charge is 0.481 e. The fourth-order valence-electron chi connectivity index (χ4n) is 3.05. The van der Waals surface area contributed by atoms with Crippen molar-refractivity contribution in [2.24, 2.45) is 11.3 Å². The van der Waals surface area contributed by atoms with Crippen LogP contribution in [0.3, 0.4) is 0 Å². The summed E-state index contributed by atoms with van der Waals surface area (Å²) < 4.78 is 0. The van der Waals surface area contributed by atoms with E-state index in [0.29, 0.717) is 36.3 Å². The number of aliphatic hydroxyl groups is 1. The zero-order chi connectivity index (χ0) is 15.0. The minimum Gasteiger partial charge on any atom is -0.481 e. The van der Waals surface area contributed by atoms with Crippen molar-refractivity contribution in [2.45, 2.75) is 31.8 Å². The van der Waals surface area contributed by atoms with Crippen molar-refractivity contribution in [3.8, 4) is 0 Å². The molecule has 0 spiro atoms. The molecule has 0 unspecified atom stereocenters. The van der Waals surface area contributed by atoms with Crippen LogP contribution in [0, 0.1) is 11.3 Å². The van der Waals surface area contributed by atoms with Gasteiger partial charge in [-0.2, -0.15) is 0 Å². The molecule has 2 atom stereocenters. The Morgan fingerprint density at radius 2 is 2.05 bits per heavy atom. The first-order valence-corrected chi connectivity index (χ1v) is 7.53. The molecule has 114 valence electrons. The molecular weight excluding hydrogens is 294 g/mol. The zero-order valence-electron chi connectivity index (χ0n) is 11.6. The highest BCUT2D eigenvalue weighted by Crippen LogP contribution is 2.45. The zero-order valence-corrected chi connectivity index (χ0v) is 12.3. The van der Waals surface area contributed by atoms with Gasteiger partial charge in [-0.05, 0) is 18.8 Å². The molecule has 2 aliphatic rings. The van der Waals surface area contributed by atoms with E-state index in [4.69, 9.17) is 11.6 Å². The van der Waals surface area contributed by atoms with Gasteiger partial charge in [-0.1, -0.05) is 24.4 Å². The molecule has 0 bridgehead atoms. The summed E-state index contributed by atoms with van der Waals surface area (Å²) in [6.07, 6.45) is 5.21. The van der Waals surface area contributed by atoms with Gasteiger partial charge in [-0.25, -0.2) is 9.97 Å². The molecule has 3 rings (SSSR count). The summed E-state index contributed by atoms with van der Waals surface area (Å²) in [5.74, 6) is -0.0462. The number of aliphatic hydroxyl groups excluding tert-OH is 1. The van der Waals surface area contributed by atoms with E-state index in [1.54, 1.807) is 0 Å². The number of rotatable bonds is 4. The van der Waals surface area contributed by atoms with Crippen molar-refractivity contribution >= 4 is 23.5 Å². The molecule has 2 N–H and O–H groups in total. The molecular formula is C14H18ClN3O3. The number of piperidine rings is 1. The molecule has 1 aliphatic carbocycles. The first-order chi connectivity index (χ1) is 10.0. The number of hydrogen-bond acceptors (Lipinski definition) is 5. The quantitative estimate of drug-likeness (QED) is 0.878. The lowest BCUT2D eigenvalue weighted by Crippen LogP contribution is -2.56. The monoisotopic (exact) mass is 311 g/mol. The van der Waals surface area contributed by atoms with Gasteiger partial charge in [0, 0.05) is 13.1 Å². The summed E-state index contributed by atoms with van der Waals surface area (Å²) in [6, 6.07) is 0. The minimum absolute atomic E-state index is 0.238. The minimum atomic E-state index is -1.12. The number of halogens is 1. The normalized spacial score (nSPS) is 29.4. The van der Waals surface area contributed by atoms with Crippen LogP contribution in [0.1, 0.15) is 25.7 Å². The second kappa shape index (κ2) is 5.42. The summed E-state index contributed by atoms with van der Waals surface area (Å²) in [4.78, 5) is 22.0. The molecule has 1 saturated carbocycles.